The number of hydrogen-bond donors (Lipinski definition) is 2. The number of nitrogens with zero attached hydrogens (tertiary/aromatic N) is 2. The first-order chi connectivity index (χ1) is 8.00. The number of benzene rings is 1. The Morgan fingerprint density at radius 1 is 1.53 bits per heavy atom. The Labute approximate surface area is 102 Å². The van der Waals surface area contributed by atoms with Crippen LogP contribution in [0.2, 0.25) is 5.02 Å². The van der Waals surface area contributed by atoms with Gasteiger partial charge in [0.25, 0.3) is 0 Å². The molecule has 5 nitrogen and oxygen atoms in total. The Morgan fingerprint density at radius 2 is 2.24 bits per heavy atom. The monoisotopic (exact) mass is 251 g/mol. The summed E-state index contributed by atoms with van der Waals surface area (Å²) in [6.07, 6.45) is 1.54. The molecule has 0 amide bonds. The van der Waals surface area contributed by atoms with Crippen molar-refractivity contribution in [3.8, 4) is 5.69 Å². The van der Waals surface area contributed by atoms with Crippen LogP contribution in [-0.4, -0.2) is 20.9 Å². The number of aromatic carboxylic acids is 1. The van der Waals surface area contributed by atoms with E-state index >= 15 is 0 Å². The number of carbonyl (C=O) groups is 1. The van der Waals surface area contributed by atoms with Crippen molar-refractivity contribution in [1.29, 1.82) is 0 Å². The number of anilines is 1. The number of nitrogens with two attached hydrogens (primary N) is 1. The van der Waals surface area contributed by atoms with Crippen molar-refractivity contribution in [3.05, 3.63) is 40.7 Å². The summed E-state index contributed by atoms with van der Waals surface area (Å²) in [7, 11) is 0. The standard InChI is InChI=1S/C11H10ClN3O2/c1-6-8(12)5-15(14-6)10-7(11(16)17)3-2-4-9(10)13/h2-5H,13H2,1H3,(H,16,17). The van der Waals surface area contributed by atoms with E-state index in [0.717, 1.165) is 0 Å². The predicted octanol–water partition coefficient (Wildman–Crippen LogP) is 2.11. The summed E-state index contributed by atoms with van der Waals surface area (Å²) in [6, 6.07) is 4.67. The van der Waals surface area contributed by atoms with Crippen LogP contribution in [0.15, 0.2) is 24.4 Å². The number of hydrogen-bond acceptors (Lipinski definition) is 3. The zero-order valence-electron chi connectivity index (χ0n) is 9.01. The summed E-state index contributed by atoms with van der Waals surface area (Å²) < 4.78 is 1.39. The molecule has 0 bridgehead atoms. The van der Waals surface area contributed by atoms with E-state index in [2.05, 4.69) is 5.10 Å². The number of para-hydroxylation sites is 1. The minimum absolute atomic E-state index is 0.0872. The van der Waals surface area contributed by atoms with Gasteiger partial charge in [-0.25, -0.2) is 9.48 Å². The third-order valence-corrected chi connectivity index (χ3v) is 2.74. The van der Waals surface area contributed by atoms with Crippen molar-refractivity contribution in [2.24, 2.45) is 0 Å². The summed E-state index contributed by atoms with van der Waals surface area (Å²) in [4.78, 5) is 11.1. The van der Waals surface area contributed by atoms with Gasteiger partial charge in [-0.05, 0) is 19.1 Å². The topological polar surface area (TPSA) is 81.1 Å². The maximum absolute atomic E-state index is 11.1. The minimum Gasteiger partial charge on any atom is -0.478 e. The van der Waals surface area contributed by atoms with E-state index < -0.39 is 5.97 Å². The van der Waals surface area contributed by atoms with E-state index in [4.69, 9.17) is 22.4 Å². The molecule has 0 aliphatic carbocycles. The van der Waals surface area contributed by atoms with Gasteiger partial charge in [0.1, 0.15) is 5.69 Å². The Kier molecular flexibility index (Phi) is 2.77. The predicted molar refractivity (Wildman–Crippen MR) is 64.7 cm³/mol. The Balaban J connectivity index is 2.69. The van der Waals surface area contributed by atoms with E-state index in [9.17, 15) is 4.79 Å². The van der Waals surface area contributed by atoms with Gasteiger partial charge in [0, 0.05) is 6.20 Å². The van der Waals surface area contributed by atoms with Crippen molar-refractivity contribution >= 4 is 23.3 Å². The summed E-state index contributed by atoms with van der Waals surface area (Å²) in [5.74, 6) is -1.06. The fourth-order valence-corrected chi connectivity index (χ4v) is 1.67. The zero-order chi connectivity index (χ0) is 12.6. The lowest BCUT2D eigenvalue weighted by molar-refractivity contribution is 0.0697. The molecule has 0 spiro atoms. The molecule has 0 saturated heterocycles. The second-order valence-electron chi connectivity index (χ2n) is 3.56. The van der Waals surface area contributed by atoms with Crippen molar-refractivity contribution in [1.82, 2.24) is 9.78 Å². The molecule has 0 saturated carbocycles. The lowest BCUT2D eigenvalue weighted by atomic mass is 10.1. The molecule has 0 unspecified atom stereocenters. The Bertz CT molecular complexity index is 573. The summed E-state index contributed by atoms with van der Waals surface area (Å²) in [5.41, 5.74) is 7.15. The normalized spacial score (nSPS) is 10.5. The van der Waals surface area contributed by atoms with Crippen molar-refractivity contribution in [2.45, 2.75) is 6.92 Å². The van der Waals surface area contributed by atoms with E-state index in [1.807, 2.05) is 0 Å². The van der Waals surface area contributed by atoms with Crippen LogP contribution in [0.5, 0.6) is 0 Å². The van der Waals surface area contributed by atoms with Gasteiger partial charge in [0.2, 0.25) is 0 Å². The van der Waals surface area contributed by atoms with Crippen LogP contribution in [0.25, 0.3) is 5.69 Å². The number of halogens is 1. The molecule has 0 aliphatic rings. The van der Waals surface area contributed by atoms with Gasteiger partial charge in [-0.1, -0.05) is 17.7 Å². The average Bonchev–Trinajstić information content (AvgIpc) is 2.58. The lowest BCUT2D eigenvalue weighted by Gasteiger charge is -2.08. The van der Waals surface area contributed by atoms with Gasteiger partial charge < -0.3 is 10.8 Å². The molecule has 1 heterocycles. The highest BCUT2D eigenvalue weighted by molar-refractivity contribution is 6.31. The van der Waals surface area contributed by atoms with Crippen LogP contribution in [-0.2, 0) is 0 Å². The molecule has 1 aromatic heterocycles. The molecule has 0 fully saturated rings. The molecule has 2 aromatic rings. The maximum Gasteiger partial charge on any atom is 0.337 e. The van der Waals surface area contributed by atoms with Gasteiger partial charge >= 0.3 is 5.97 Å². The van der Waals surface area contributed by atoms with Gasteiger partial charge in [-0.15, -0.1) is 0 Å². The molecule has 6 heteroatoms. The van der Waals surface area contributed by atoms with E-state index in [1.54, 1.807) is 19.1 Å². The first-order valence-corrected chi connectivity index (χ1v) is 5.22. The average molecular weight is 252 g/mol. The summed E-state index contributed by atoms with van der Waals surface area (Å²) in [5, 5.41) is 13.7. The van der Waals surface area contributed by atoms with E-state index in [1.165, 1.54) is 16.9 Å². The first-order valence-electron chi connectivity index (χ1n) is 4.84. The highest BCUT2D eigenvalue weighted by Crippen LogP contribution is 2.24. The van der Waals surface area contributed by atoms with Crippen LogP contribution in [0.1, 0.15) is 16.1 Å². The molecule has 0 aliphatic heterocycles. The number of aryl methyl sites for hydroxylation is 1. The number of carboxylic acid groups (broad SMARTS) is 1. The van der Waals surface area contributed by atoms with E-state index in [-0.39, 0.29) is 5.56 Å². The van der Waals surface area contributed by atoms with Gasteiger partial charge in [0.05, 0.1) is 22.0 Å². The lowest BCUT2D eigenvalue weighted by Crippen LogP contribution is -2.09. The number of rotatable bonds is 2. The molecule has 2 rings (SSSR count). The van der Waals surface area contributed by atoms with Crippen molar-refractivity contribution in [3.63, 3.8) is 0 Å². The number of aromatic nitrogens is 2. The molecule has 0 atom stereocenters. The SMILES string of the molecule is Cc1nn(-c2c(N)cccc2C(=O)O)cc1Cl. The summed E-state index contributed by atoms with van der Waals surface area (Å²) in [6.45, 7) is 1.73. The molecule has 88 valence electrons. The second kappa shape index (κ2) is 4.10. The number of nitrogen functional groups attached to an aromatic ring is 1. The molecular weight excluding hydrogens is 242 g/mol. The van der Waals surface area contributed by atoms with Crippen LogP contribution < -0.4 is 5.73 Å². The highest BCUT2D eigenvalue weighted by Gasteiger charge is 2.16. The maximum atomic E-state index is 11.1. The van der Waals surface area contributed by atoms with Crippen LogP contribution in [0, 0.1) is 6.92 Å². The Morgan fingerprint density at radius 3 is 2.76 bits per heavy atom. The third kappa shape index (κ3) is 1.97. The quantitative estimate of drug-likeness (QED) is 0.801. The van der Waals surface area contributed by atoms with Crippen LogP contribution >= 0.6 is 11.6 Å². The largest absolute Gasteiger partial charge is 0.478 e. The zero-order valence-corrected chi connectivity index (χ0v) is 9.77. The van der Waals surface area contributed by atoms with Gasteiger partial charge in [0.15, 0.2) is 0 Å². The molecule has 0 radical (unpaired) electrons. The molecular formula is C11H10ClN3O2. The molecule has 1 aromatic carbocycles. The van der Waals surface area contributed by atoms with Crippen molar-refractivity contribution < 1.29 is 9.90 Å². The van der Waals surface area contributed by atoms with E-state index in [0.29, 0.717) is 22.1 Å². The summed E-state index contributed by atoms with van der Waals surface area (Å²) >= 11 is 5.89. The fourth-order valence-electron chi connectivity index (χ4n) is 1.54. The van der Waals surface area contributed by atoms with Gasteiger partial charge in [-0.3, -0.25) is 0 Å². The molecule has 3 N–H and O–H groups in total. The first kappa shape index (κ1) is 11.5. The second-order valence-corrected chi connectivity index (χ2v) is 3.96. The number of carboxylic acids is 1. The van der Waals surface area contributed by atoms with Crippen LogP contribution in [0.4, 0.5) is 5.69 Å². The smallest absolute Gasteiger partial charge is 0.337 e. The highest BCUT2D eigenvalue weighted by atomic mass is 35.5. The third-order valence-electron chi connectivity index (χ3n) is 2.37. The molecule has 17 heavy (non-hydrogen) atoms. The van der Waals surface area contributed by atoms with Gasteiger partial charge in [-0.2, -0.15) is 5.10 Å². The van der Waals surface area contributed by atoms with Crippen LogP contribution in [0.3, 0.4) is 0 Å². The fraction of sp³-hybridized carbons (Fsp3) is 0.0909. The van der Waals surface area contributed by atoms with Crippen molar-refractivity contribution in [2.75, 3.05) is 5.73 Å². The Hall–Kier alpha value is -2.01. The minimum atomic E-state index is -1.06.